The fraction of sp³-hybridized carbons (Fsp3) is 0.545. The molecule has 0 aliphatic rings. The van der Waals surface area contributed by atoms with E-state index in [0.717, 1.165) is 0 Å². The molecule has 1 rings (SSSR count). The van der Waals surface area contributed by atoms with E-state index in [4.69, 9.17) is 25.1 Å². The number of benzene rings is 1. The molecule has 0 aliphatic carbocycles. The Morgan fingerprint density at radius 1 is 0.697 bits per heavy atom. The molecule has 10 nitrogen and oxygen atoms in total. The summed E-state index contributed by atoms with van der Waals surface area (Å²) in [4.78, 5) is 48.0. The molecule has 0 fully saturated rings. The Bertz CT molecular complexity index is 787. The zero-order valence-electron chi connectivity index (χ0n) is 20.0. The Morgan fingerprint density at radius 3 is 1.36 bits per heavy atom. The van der Waals surface area contributed by atoms with E-state index >= 15 is 0 Å². The van der Waals surface area contributed by atoms with Crippen molar-refractivity contribution in [1.29, 1.82) is 0 Å². The van der Waals surface area contributed by atoms with Crippen molar-refractivity contribution in [1.82, 2.24) is 0 Å². The number of esters is 2. The van der Waals surface area contributed by atoms with E-state index in [9.17, 15) is 19.2 Å². The summed E-state index contributed by atoms with van der Waals surface area (Å²) in [6.07, 6.45) is -2.76. The van der Waals surface area contributed by atoms with Gasteiger partial charge in [-0.3, -0.25) is 0 Å². The number of halogens is 1. The molecular weight excluding hydrogens is 551 g/mol. The van der Waals surface area contributed by atoms with Crippen LogP contribution >= 0.6 is 20.6 Å². The average Bonchev–Trinajstić information content (AvgIpc) is 2.65. The van der Waals surface area contributed by atoms with Crippen LogP contribution in [-0.2, 0) is 34.8 Å². The first-order valence-electron chi connectivity index (χ1n) is 10.3. The van der Waals surface area contributed by atoms with Crippen LogP contribution in [0.25, 0.3) is 0 Å². The van der Waals surface area contributed by atoms with Gasteiger partial charge in [-0.05, 0) is 0 Å². The van der Waals surface area contributed by atoms with Crippen LogP contribution in [0.5, 0.6) is 11.5 Å². The van der Waals surface area contributed by atoms with Crippen LogP contribution in [0, 0.1) is 3.57 Å². The number of hydrogen-bond acceptors (Lipinski definition) is 10. The minimum atomic E-state index is -3.50. The van der Waals surface area contributed by atoms with Gasteiger partial charge in [0.15, 0.2) is 0 Å². The maximum absolute atomic E-state index is 12.3. The second kappa shape index (κ2) is 13.2. The van der Waals surface area contributed by atoms with Gasteiger partial charge in [-0.2, -0.15) is 0 Å². The van der Waals surface area contributed by atoms with Gasteiger partial charge in [-0.1, -0.05) is 0 Å². The van der Waals surface area contributed by atoms with Crippen LogP contribution in [0.1, 0.15) is 55.4 Å². The van der Waals surface area contributed by atoms with Gasteiger partial charge in [0.1, 0.15) is 0 Å². The summed E-state index contributed by atoms with van der Waals surface area (Å²) in [5.74, 6) is -2.40. The Labute approximate surface area is 201 Å². The minimum absolute atomic E-state index is 0.0952. The Morgan fingerprint density at radius 2 is 1.06 bits per heavy atom. The quantitative estimate of drug-likeness (QED) is 0.282. The van der Waals surface area contributed by atoms with Crippen molar-refractivity contribution >= 4 is 44.5 Å². The molecule has 1 aromatic carbocycles. The summed E-state index contributed by atoms with van der Waals surface area (Å²) in [5.41, 5.74) is 0. The molecule has 0 saturated carbocycles. The van der Waals surface area contributed by atoms with E-state index in [0.29, 0.717) is 0 Å². The molecule has 186 valence electrons. The molecule has 0 heterocycles. The molecule has 0 aromatic heterocycles. The molecule has 2 atom stereocenters. The Hall–Kier alpha value is -2.57. The van der Waals surface area contributed by atoms with Gasteiger partial charge >= 0.3 is 202 Å². The summed E-state index contributed by atoms with van der Waals surface area (Å²) >= 11 is -3.50. The average molecular weight is 582 g/mol. The van der Waals surface area contributed by atoms with Gasteiger partial charge < -0.3 is 0 Å². The van der Waals surface area contributed by atoms with Gasteiger partial charge in [-0.25, -0.2) is 0 Å². The molecule has 0 unspecified atom stereocenters. The molecule has 0 radical (unpaired) electrons. The molecule has 0 spiro atoms. The standard InChI is InChI=1S/C22H31IO10/c1-12(2)28-21(26)14(5)30-18-10-9-11-19(31-15(6)22(27)29-13(3)4)20(18)23(32-16(7)24)33-17(8)25/h9-15H,1-8H3/t14-,15-/m0/s1. The molecule has 1 aromatic rings. The molecule has 11 heteroatoms. The third kappa shape index (κ3) is 9.84. The van der Waals surface area contributed by atoms with E-state index in [1.54, 1.807) is 33.8 Å². The van der Waals surface area contributed by atoms with Gasteiger partial charge in [0.25, 0.3) is 0 Å². The van der Waals surface area contributed by atoms with Crippen LogP contribution in [0.15, 0.2) is 18.2 Å². The second-order valence-electron chi connectivity index (χ2n) is 7.41. The van der Waals surface area contributed by atoms with Crippen LogP contribution in [-0.4, -0.2) is 48.3 Å². The van der Waals surface area contributed by atoms with Crippen molar-refractivity contribution in [2.24, 2.45) is 0 Å². The topological polar surface area (TPSA) is 124 Å². The van der Waals surface area contributed by atoms with Crippen molar-refractivity contribution < 1.29 is 44.3 Å². The third-order valence-corrected chi connectivity index (χ3v) is 7.40. The van der Waals surface area contributed by atoms with Crippen LogP contribution in [0.2, 0.25) is 0 Å². The summed E-state index contributed by atoms with van der Waals surface area (Å²) in [6.45, 7) is 12.1. The molecular formula is C22H31IO10. The maximum atomic E-state index is 12.3. The summed E-state index contributed by atoms with van der Waals surface area (Å²) in [6, 6.07) is 4.58. The molecule has 33 heavy (non-hydrogen) atoms. The van der Waals surface area contributed by atoms with Crippen molar-refractivity contribution in [2.45, 2.75) is 79.8 Å². The van der Waals surface area contributed by atoms with Crippen molar-refractivity contribution in [3.8, 4) is 11.5 Å². The predicted molar refractivity (Wildman–Crippen MR) is 125 cm³/mol. The first kappa shape index (κ1) is 28.5. The Kier molecular flexibility index (Phi) is 11.4. The number of ether oxygens (including phenoxy) is 4. The van der Waals surface area contributed by atoms with Crippen LogP contribution in [0.3, 0.4) is 0 Å². The first-order chi connectivity index (χ1) is 15.3. The van der Waals surface area contributed by atoms with Crippen LogP contribution in [0.4, 0.5) is 0 Å². The number of hydrogen-bond donors (Lipinski definition) is 0. The molecule has 0 bridgehead atoms. The fourth-order valence-corrected chi connectivity index (χ4v) is 5.39. The summed E-state index contributed by atoms with van der Waals surface area (Å²) in [5, 5.41) is 0. The van der Waals surface area contributed by atoms with Crippen LogP contribution < -0.4 is 9.47 Å². The summed E-state index contributed by atoms with van der Waals surface area (Å²) < 4.78 is 32.7. The van der Waals surface area contributed by atoms with E-state index in [1.165, 1.54) is 39.8 Å². The fourth-order valence-electron chi connectivity index (χ4n) is 2.25. The molecule has 0 amide bonds. The molecule has 0 aliphatic heterocycles. The van der Waals surface area contributed by atoms with Gasteiger partial charge in [-0.15, -0.1) is 0 Å². The van der Waals surface area contributed by atoms with Crippen molar-refractivity contribution in [3.05, 3.63) is 21.8 Å². The van der Waals surface area contributed by atoms with Gasteiger partial charge in [0.05, 0.1) is 0 Å². The normalized spacial score (nSPS) is 13.0. The van der Waals surface area contributed by atoms with E-state index < -0.39 is 56.7 Å². The van der Waals surface area contributed by atoms with Gasteiger partial charge in [0, 0.05) is 0 Å². The van der Waals surface area contributed by atoms with E-state index in [2.05, 4.69) is 0 Å². The zero-order valence-corrected chi connectivity index (χ0v) is 22.2. The monoisotopic (exact) mass is 582 g/mol. The van der Waals surface area contributed by atoms with E-state index in [1.807, 2.05) is 0 Å². The predicted octanol–water partition coefficient (Wildman–Crippen LogP) is 3.76. The van der Waals surface area contributed by atoms with E-state index in [-0.39, 0.29) is 27.3 Å². The second-order valence-corrected chi connectivity index (χ2v) is 10.6. The van der Waals surface area contributed by atoms with Gasteiger partial charge in [0.2, 0.25) is 0 Å². The zero-order chi connectivity index (χ0) is 25.3. The Balaban J connectivity index is 3.43. The summed E-state index contributed by atoms with van der Waals surface area (Å²) in [7, 11) is 0. The van der Waals surface area contributed by atoms with Crippen molar-refractivity contribution in [3.63, 3.8) is 0 Å². The first-order valence-corrected chi connectivity index (χ1v) is 13.1. The molecule has 0 N–H and O–H groups in total. The number of carbonyl (C=O) groups excluding carboxylic acids is 4. The third-order valence-electron chi connectivity index (χ3n) is 3.41. The SMILES string of the molecule is CC(=O)OI(OC(C)=O)c1c(O[C@@H](C)C(=O)OC(C)C)cccc1O[C@@H](C)C(=O)OC(C)C. The number of carbonyl (C=O) groups is 4. The number of rotatable bonds is 11. The molecule has 0 saturated heterocycles. The van der Waals surface area contributed by atoms with Crippen molar-refractivity contribution in [2.75, 3.05) is 0 Å².